The Morgan fingerprint density at radius 1 is 1.41 bits per heavy atom. The summed E-state index contributed by atoms with van der Waals surface area (Å²) in [6, 6.07) is 5.12. The summed E-state index contributed by atoms with van der Waals surface area (Å²) in [4.78, 5) is 4.49. The van der Waals surface area contributed by atoms with Crippen molar-refractivity contribution in [1.29, 1.82) is 0 Å². The fourth-order valence-electron chi connectivity index (χ4n) is 1.85. The molecule has 0 saturated heterocycles. The van der Waals surface area contributed by atoms with Crippen LogP contribution in [-0.4, -0.2) is 10.1 Å². The monoisotopic (exact) mass is 249 g/mol. The van der Waals surface area contributed by atoms with Crippen LogP contribution in [0, 0.1) is 6.92 Å². The Kier molecular flexibility index (Phi) is 2.37. The second-order valence-corrected chi connectivity index (χ2v) is 4.80. The molecule has 2 aromatic rings. The minimum Gasteiger partial charge on any atom is -0.506 e. The Morgan fingerprint density at radius 2 is 2.18 bits per heavy atom. The van der Waals surface area contributed by atoms with Crippen LogP contribution in [-0.2, 0) is 0 Å². The van der Waals surface area contributed by atoms with E-state index in [1.807, 2.05) is 13.0 Å². The van der Waals surface area contributed by atoms with Gasteiger partial charge in [0, 0.05) is 11.5 Å². The average Bonchev–Trinajstić information content (AvgIpc) is 3.07. The number of phenols is 1. The Hall–Kier alpha value is -1.48. The number of aromatic hydroxyl groups is 1. The van der Waals surface area contributed by atoms with Gasteiger partial charge in [0.2, 0.25) is 0 Å². The average molecular weight is 250 g/mol. The molecule has 1 aromatic heterocycles. The predicted octanol–water partition coefficient (Wildman–Crippen LogP) is 3.89. The lowest BCUT2D eigenvalue weighted by Gasteiger charge is -2.00. The maximum atomic E-state index is 9.59. The molecule has 1 saturated carbocycles. The molecule has 17 heavy (non-hydrogen) atoms. The Bertz CT molecular complexity index is 573. The van der Waals surface area contributed by atoms with E-state index in [-0.39, 0.29) is 5.75 Å². The summed E-state index contributed by atoms with van der Waals surface area (Å²) < 4.78 is 5.64. The number of rotatable bonds is 2. The summed E-state index contributed by atoms with van der Waals surface area (Å²) in [6.45, 7) is 1.89. The van der Waals surface area contributed by atoms with Gasteiger partial charge in [-0.2, -0.15) is 0 Å². The number of hydrogen-bond donors (Lipinski definition) is 1. The van der Waals surface area contributed by atoms with Gasteiger partial charge in [-0.1, -0.05) is 17.7 Å². The van der Waals surface area contributed by atoms with E-state index in [4.69, 9.17) is 16.0 Å². The number of nitrogens with zero attached hydrogens (tertiary/aromatic N) is 1. The summed E-state index contributed by atoms with van der Waals surface area (Å²) in [7, 11) is 0. The molecule has 0 radical (unpaired) electrons. The molecule has 3 nitrogen and oxygen atoms in total. The van der Waals surface area contributed by atoms with Crippen LogP contribution >= 0.6 is 11.6 Å². The first-order valence-electron chi connectivity index (χ1n) is 5.61. The number of oxazole rings is 1. The van der Waals surface area contributed by atoms with Gasteiger partial charge in [-0.3, -0.25) is 0 Å². The van der Waals surface area contributed by atoms with Crippen LogP contribution in [0.5, 0.6) is 5.75 Å². The molecular weight excluding hydrogens is 238 g/mol. The zero-order valence-corrected chi connectivity index (χ0v) is 10.2. The van der Waals surface area contributed by atoms with E-state index < -0.39 is 0 Å². The third kappa shape index (κ3) is 1.91. The third-order valence-electron chi connectivity index (χ3n) is 2.96. The quantitative estimate of drug-likeness (QED) is 0.878. The van der Waals surface area contributed by atoms with Gasteiger partial charge in [0.15, 0.2) is 5.89 Å². The van der Waals surface area contributed by atoms with E-state index in [9.17, 15) is 5.11 Å². The summed E-state index contributed by atoms with van der Waals surface area (Å²) in [5, 5.41) is 9.94. The van der Waals surface area contributed by atoms with Crippen molar-refractivity contribution in [2.45, 2.75) is 25.7 Å². The van der Waals surface area contributed by atoms with Gasteiger partial charge in [-0.25, -0.2) is 4.98 Å². The molecule has 1 aromatic carbocycles. The molecular formula is C13H12ClNO2. The molecule has 1 fully saturated rings. The van der Waals surface area contributed by atoms with Crippen molar-refractivity contribution < 1.29 is 9.52 Å². The summed E-state index contributed by atoms with van der Waals surface area (Å²) in [5.74, 6) is 2.16. The lowest BCUT2D eigenvalue weighted by atomic mass is 10.1. The number of phenolic OH excluding ortho intramolecular Hbond substituents is 1. The third-order valence-corrected chi connectivity index (χ3v) is 3.28. The molecule has 1 N–H and O–H groups in total. The van der Waals surface area contributed by atoms with Crippen LogP contribution in [0.15, 0.2) is 22.6 Å². The second-order valence-electron chi connectivity index (χ2n) is 4.40. The van der Waals surface area contributed by atoms with Gasteiger partial charge >= 0.3 is 0 Å². The number of aryl methyl sites for hydroxylation is 1. The molecule has 4 heteroatoms. The van der Waals surface area contributed by atoms with Crippen molar-refractivity contribution in [1.82, 2.24) is 4.98 Å². The minimum atomic E-state index is 0.0690. The Balaban J connectivity index is 2.04. The van der Waals surface area contributed by atoms with Crippen molar-refractivity contribution in [3.63, 3.8) is 0 Å². The molecule has 1 aliphatic rings. The summed E-state index contributed by atoms with van der Waals surface area (Å²) in [6.07, 6.45) is 2.32. The highest BCUT2D eigenvalue weighted by Gasteiger charge is 2.29. The lowest BCUT2D eigenvalue weighted by molar-refractivity contribution is 0.473. The highest BCUT2D eigenvalue weighted by molar-refractivity contribution is 6.32. The molecule has 1 aliphatic carbocycles. The highest BCUT2D eigenvalue weighted by Crippen LogP contribution is 2.41. The van der Waals surface area contributed by atoms with Crippen molar-refractivity contribution >= 4 is 11.6 Å². The second kappa shape index (κ2) is 3.77. The van der Waals surface area contributed by atoms with Crippen LogP contribution in [0.3, 0.4) is 0 Å². The molecule has 1 heterocycles. The fourth-order valence-corrected chi connectivity index (χ4v) is 1.97. The zero-order chi connectivity index (χ0) is 12.0. The minimum absolute atomic E-state index is 0.0690. The number of halogens is 1. The van der Waals surface area contributed by atoms with Gasteiger partial charge in [-0.15, -0.1) is 0 Å². The van der Waals surface area contributed by atoms with Crippen molar-refractivity contribution in [2.24, 2.45) is 0 Å². The Morgan fingerprint density at radius 3 is 2.82 bits per heavy atom. The van der Waals surface area contributed by atoms with Gasteiger partial charge < -0.3 is 9.52 Å². The summed E-state index contributed by atoms with van der Waals surface area (Å²) >= 11 is 5.78. The predicted molar refractivity (Wildman–Crippen MR) is 65.3 cm³/mol. The smallest absolute Gasteiger partial charge is 0.198 e. The number of aromatic nitrogens is 1. The van der Waals surface area contributed by atoms with E-state index in [0.717, 1.165) is 35.7 Å². The molecule has 0 amide bonds. The SMILES string of the molecule is Cc1oc(C2CC2)nc1-c1ccc(Cl)c(O)c1. The molecule has 0 aliphatic heterocycles. The van der Waals surface area contributed by atoms with E-state index in [2.05, 4.69) is 4.98 Å². The first kappa shape index (κ1) is 10.7. The highest BCUT2D eigenvalue weighted by atomic mass is 35.5. The van der Waals surface area contributed by atoms with Gasteiger partial charge in [0.05, 0.1) is 5.02 Å². The first-order valence-corrected chi connectivity index (χ1v) is 5.99. The maximum Gasteiger partial charge on any atom is 0.198 e. The normalized spacial score (nSPS) is 15.2. The van der Waals surface area contributed by atoms with E-state index >= 15 is 0 Å². The summed E-state index contributed by atoms with van der Waals surface area (Å²) in [5.41, 5.74) is 1.62. The molecule has 0 bridgehead atoms. The van der Waals surface area contributed by atoms with Crippen molar-refractivity contribution in [2.75, 3.05) is 0 Å². The first-order chi connectivity index (χ1) is 8.15. The zero-order valence-electron chi connectivity index (χ0n) is 9.40. The van der Waals surface area contributed by atoms with Crippen LogP contribution in [0.2, 0.25) is 5.02 Å². The molecule has 0 spiro atoms. The largest absolute Gasteiger partial charge is 0.506 e. The molecule has 0 atom stereocenters. The maximum absolute atomic E-state index is 9.59. The van der Waals surface area contributed by atoms with E-state index in [1.165, 1.54) is 0 Å². The van der Waals surface area contributed by atoms with Gasteiger partial charge in [0.1, 0.15) is 17.2 Å². The lowest BCUT2D eigenvalue weighted by Crippen LogP contribution is -1.82. The van der Waals surface area contributed by atoms with E-state index in [0.29, 0.717) is 10.9 Å². The van der Waals surface area contributed by atoms with Crippen molar-refractivity contribution in [3.8, 4) is 17.0 Å². The van der Waals surface area contributed by atoms with Gasteiger partial charge in [0.25, 0.3) is 0 Å². The van der Waals surface area contributed by atoms with Crippen molar-refractivity contribution in [3.05, 3.63) is 34.9 Å². The van der Waals surface area contributed by atoms with Gasteiger partial charge in [-0.05, 0) is 31.9 Å². The standard InChI is InChI=1S/C13H12ClNO2/c1-7-12(15-13(17-7)8-2-3-8)9-4-5-10(14)11(16)6-9/h4-6,8,16H,2-3H2,1H3. The fraction of sp³-hybridized carbons (Fsp3) is 0.308. The van der Waals surface area contributed by atoms with Crippen LogP contribution in [0.4, 0.5) is 0 Å². The van der Waals surface area contributed by atoms with Crippen LogP contribution in [0.1, 0.15) is 30.4 Å². The number of hydrogen-bond acceptors (Lipinski definition) is 3. The van der Waals surface area contributed by atoms with E-state index in [1.54, 1.807) is 12.1 Å². The van der Waals surface area contributed by atoms with Crippen LogP contribution < -0.4 is 0 Å². The molecule has 88 valence electrons. The topological polar surface area (TPSA) is 46.3 Å². The number of benzene rings is 1. The Labute approximate surface area is 104 Å². The molecule has 3 rings (SSSR count). The molecule has 0 unspecified atom stereocenters. The van der Waals surface area contributed by atoms with Crippen LogP contribution in [0.25, 0.3) is 11.3 Å².